The van der Waals surface area contributed by atoms with E-state index >= 15 is 0 Å². The van der Waals surface area contributed by atoms with Crippen LogP contribution in [0.1, 0.15) is 58.3 Å². The molecule has 0 radical (unpaired) electrons. The fourth-order valence-corrected chi connectivity index (χ4v) is 2.17. The molecule has 0 aliphatic carbocycles. The summed E-state index contributed by atoms with van der Waals surface area (Å²) >= 11 is 0. The van der Waals surface area contributed by atoms with Crippen molar-refractivity contribution in [2.45, 2.75) is 58.3 Å². The van der Waals surface area contributed by atoms with Gasteiger partial charge in [-0.05, 0) is 25.7 Å². The first-order chi connectivity index (χ1) is 10.1. The van der Waals surface area contributed by atoms with Crippen LogP contribution in [0.25, 0.3) is 0 Å². The van der Waals surface area contributed by atoms with Gasteiger partial charge in [-0.2, -0.15) is 8.42 Å². The first kappa shape index (κ1) is 20.6. The summed E-state index contributed by atoms with van der Waals surface area (Å²) < 4.78 is 35.6. The number of ether oxygens (including phenoxy) is 1. The topological polar surface area (TPSA) is 61.8 Å². The van der Waals surface area contributed by atoms with Crippen molar-refractivity contribution >= 4 is 10.4 Å². The number of rotatable bonds is 15. The van der Waals surface area contributed by atoms with Crippen molar-refractivity contribution in [2.75, 3.05) is 26.9 Å². The van der Waals surface area contributed by atoms with Crippen molar-refractivity contribution in [1.29, 1.82) is 0 Å². The molecule has 0 rings (SSSR count). The van der Waals surface area contributed by atoms with Crippen LogP contribution < -0.4 is 0 Å². The number of hydrogen-bond acceptors (Lipinski definition) is 5. The zero-order valence-electron chi connectivity index (χ0n) is 13.4. The maximum atomic E-state index is 10.8. The second-order valence-electron chi connectivity index (χ2n) is 4.80. The molecule has 0 atom stereocenters. The molecule has 0 aromatic carbocycles. The van der Waals surface area contributed by atoms with Crippen LogP contribution in [0.5, 0.6) is 0 Å². The molecular weight excluding hydrogens is 292 g/mol. The van der Waals surface area contributed by atoms with Crippen molar-refractivity contribution in [3.05, 3.63) is 12.2 Å². The molecule has 0 spiro atoms. The van der Waals surface area contributed by atoms with Crippen LogP contribution in [0.3, 0.4) is 0 Å². The molecular formula is C15H30O5S. The Balaban J connectivity index is 3.14. The first-order valence-corrected chi connectivity index (χ1v) is 9.13. The van der Waals surface area contributed by atoms with E-state index in [0.717, 1.165) is 26.4 Å². The largest absolute Gasteiger partial charge is 0.399 e. The molecule has 0 saturated heterocycles. The van der Waals surface area contributed by atoms with Crippen LogP contribution in [-0.2, 0) is 23.5 Å². The van der Waals surface area contributed by atoms with Gasteiger partial charge in [0.15, 0.2) is 0 Å². The highest BCUT2D eigenvalue weighted by molar-refractivity contribution is 7.81. The average Bonchev–Trinajstić information content (AvgIpc) is 2.47. The Kier molecular flexibility index (Phi) is 14.2. The summed E-state index contributed by atoms with van der Waals surface area (Å²) in [5, 5.41) is 0. The van der Waals surface area contributed by atoms with Gasteiger partial charge < -0.3 is 4.74 Å². The van der Waals surface area contributed by atoms with Crippen LogP contribution >= 0.6 is 0 Å². The quantitative estimate of drug-likeness (QED) is 0.340. The molecule has 0 heterocycles. The Morgan fingerprint density at radius 3 is 2.19 bits per heavy atom. The zero-order chi connectivity index (χ0) is 15.8. The Morgan fingerprint density at radius 2 is 1.52 bits per heavy atom. The normalized spacial score (nSPS) is 12.3. The van der Waals surface area contributed by atoms with Gasteiger partial charge in [-0.3, -0.25) is 4.18 Å². The molecule has 5 nitrogen and oxygen atoms in total. The smallest absolute Gasteiger partial charge is 0.379 e. The van der Waals surface area contributed by atoms with E-state index in [1.165, 1.54) is 32.1 Å². The van der Waals surface area contributed by atoms with Gasteiger partial charge in [-0.1, -0.05) is 44.8 Å². The lowest BCUT2D eigenvalue weighted by Gasteiger charge is -2.05. The summed E-state index contributed by atoms with van der Waals surface area (Å²) in [4.78, 5) is 0. The summed E-state index contributed by atoms with van der Waals surface area (Å²) in [6.45, 7) is 3.07. The Morgan fingerprint density at radius 1 is 0.857 bits per heavy atom. The second-order valence-corrected chi connectivity index (χ2v) is 6.18. The molecule has 0 aliphatic rings. The van der Waals surface area contributed by atoms with Crippen LogP contribution in [0, 0.1) is 0 Å². The summed E-state index contributed by atoms with van der Waals surface area (Å²) in [7, 11) is -2.75. The molecule has 0 aromatic rings. The van der Waals surface area contributed by atoms with E-state index in [1.54, 1.807) is 0 Å². The third-order valence-electron chi connectivity index (χ3n) is 2.97. The van der Waals surface area contributed by atoms with Crippen molar-refractivity contribution in [2.24, 2.45) is 0 Å². The highest BCUT2D eigenvalue weighted by atomic mass is 32.3. The van der Waals surface area contributed by atoms with Gasteiger partial charge in [0, 0.05) is 6.61 Å². The lowest BCUT2D eigenvalue weighted by molar-refractivity contribution is 0.0928. The van der Waals surface area contributed by atoms with Gasteiger partial charge in [-0.15, -0.1) is 0 Å². The maximum Gasteiger partial charge on any atom is 0.399 e. The molecule has 0 saturated carbocycles. The average molecular weight is 322 g/mol. The third kappa shape index (κ3) is 15.8. The summed E-state index contributed by atoms with van der Waals surface area (Å²) in [6, 6.07) is 0. The van der Waals surface area contributed by atoms with Gasteiger partial charge in [0.05, 0.1) is 20.3 Å². The summed E-state index contributed by atoms with van der Waals surface area (Å²) in [6.07, 6.45) is 14.0. The van der Waals surface area contributed by atoms with Gasteiger partial charge >= 0.3 is 10.4 Å². The van der Waals surface area contributed by atoms with Crippen molar-refractivity contribution in [3.63, 3.8) is 0 Å². The van der Waals surface area contributed by atoms with Crippen LogP contribution in [0.4, 0.5) is 0 Å². The molecule has 0 aromatic heterocycles. The molecule has 6 heteroatoms. The van der Waals surface area contributed by atoms with Gasteiger partial charge in [0.2, 0.25) is 0 Å². The lowest BCUT2D eigenvalue weighted by atomic mass is 10.1. The van der Waals surface area contributed by atoms with E-state index in [0.29, 0.717) is 6.61 Å². The summed E-state index contributed by atoms with van der Waals surface area (Å²) in [5.41, 5.74) is 0. The van der Waals surface area contributed by atoms with E-state index in [9.17, 15) is 8.42 Å². The molecule has 0 amide bonds. The highest BCUT2D eigenvalue weighted by Crippen LogP contribution is 2.07. The monoisotopic (exact) mass is 322 g/mol. The zero-order valence-corrected chi connectivity index (χ0v) is 14.2. The van der Waals surface area contributed by atoms with Crippen molar-refractivity contribution < 1.29 is 21.5 Å². The standard InChI is InChI=1S/C15H30O5S/c1-3-4-5-6-7-8-9-10-11-12-13-19-14-15-20-21(16,17)18-2/h4-5H,3,6-15H2,1-2H3/b5-4+. The third-order valence-corrected chi connectivity index (χ3v) is 3.83. The molecule has 0 N–H and O–H groups in total. The minimum absolute atomic E-state index is 0.00144. The predicted molar refractivity (Wildman–Crippen MR) is 84.4 cm³/mol. The summed E-state index contributed by atoms with van der Waals surface area (Å²) in [5.74, 6) is 0. The van der Waals surface area contributed by atoms with Gasteiger partial charge in [0.25, 0.3) is 0 Å². The van der Waals surface area contributed by atoms with E-state index in [2.05, 4.69) is 27.4 Å². The highest BCUT2D eigenvalue weighted by Gasteiger charge is 2.07. The first-order valence-electron chi connectivity index (χ1n) is 7.80. The molecule has 0 unspecified atom stereocenters. The van der Waals surface area contributed by atoms with E-state index in [4.69, 9.17) is 4.74 Å². The molecule has 21 heavy (non-hydrogen) atoms. The second kappa shape index (κ2) is 14.5. The van der Waals surface area contributed by atoms with E-state index in [1.807, 2.05) is 0 Å². The molecule has 0 fully saturated rings. The van der Waals surface area contributed by atoms with Crippen LogP contribution in [0.15, 0.2) is 12.2 Å². The Labute approximate surface area is 130 Å². The van der Waals surface area contributed by atoms with Crippen LogP contribution in [-0.4, -0.2) is 35.3 Å². The molecule has 0 bridgehead atoms. The number of allylic oxidation sites excluding steroid dienone is 2. The fourth-order valence-electron chi connectivity index (χ4n) is 1.80. The SMILES string of the molecule is CC/C=C/CCCCCCCCOCCOS(=O)(=O)OC. The van der Waals surface area contributed by atoms with Gasteiger partial charge in [-0.25, -0.2) is 4.18 Å². The number of unbranched alkanes of at least 4 members (excludes halogenated alkanes) is 6. The van der Waals surface area contributed by atoms with E-state index in [-0.39, 0.29) is 13.2 Å². The minimum Gasteiger partial charge on any atom is -0.379 e. The van der Waals surface area contributed by atoms with Crippen molar-refractivity contribution in [3.8, 4) is 0 Å². The molecule has 0 aliphatic heterocycles. The van der Waals surface area contributed by atoms with Crippen molar-refractivity contribution in [1.82, 2.24) is 0 Å². The Hall–Kier alpha value is -0.430. The molecule has 126 valence electrons. The maximum absolute atomic E-state index is 10.8. The predicted octanol–water partition coefficient (Wildman–Crippen LogP) is 3.61. The lowest BCUT2D eigenvalue weighted by Crippen LogP contribution is -2.12. The van der Waals surface area contributed by atoms with E-state index < -0.39 is 10.4 Å². The fraction of sp³-hybridized carbons (Fsp3) is 0.867. The van der Waals surface area contributed by atoms with Crippen LogP contribution in [0.2, 0.25) is 0 Å². The number of hydrogen-bond donors (Lipinski definition) is 0. The van der Waals surface area contributed by atoms with Gasteiger partial charge in [0.1, 0.15) is 0 Å². The Bertz CT molecular complexity index is 338. The minimum atomic E-state index is -3.82.